The number of nitrogens with one attached hydrogen (secondary N) is 1. The van der Waals surface area contributed by atoms with Crippen LogP contribution < -0.4 is 11.1 Å². The lowest BCUT2D eigenvalue weighted by molar-refractivity contribution is -0.126. The maximum Gasteiger partial charge on any atom is 0.223 e. The van der Waals surface area contributed by atoms with Gasteiger partial charge in [-0.25, -0.2) is 0 Å². The molecule has 1 aliphatic rings. The average Bonchev–Trinajstić information content (AvgIpc) is 2.75. The van der Waals surface area contributed by atoms with Crippen LogP contribution in [-0.4, -0.2) is 31.2 Å². The summed E-state index contributed by atoms with van der Waals surface area (Å²) in [4.78, 5) is 12.0. The molecule has 0 heterocycles. The van der Waals surface area contributed by atoms with E-state index >= 15 is 0 Å². The van der Waals surface area contributed by atoms with Crippen molar-refractivity contribution in [1.82, 2.24) is 5.32 Å². The molecule has 1 amide bonds. The van der Waals surface area contributed by atoms with E-state index in [2.05, 4.69) is 5.32 Å². The molecule has 1 aliphatic carbocycles. The van der Waals surface area contributed by atoms with Crippen LogP contribution in [-0.2, 0) is 9.53 Å². The third kappa shape index (κ3) is 4.94. The van der Waals surface area contributed by atoms with Gasteiger partial charge in [0.05, 0.1) is 12.1 Å². The number of carbonyl (C=O) groups is 1. The minimum atomic E-state index is 0.0712. The van der Waals surface area contributed by atoms with Crippen LogP contribution in [0.5, 0.6) is 0 Å². The Morgan fingerprint density at radius 1 is 1.39 bits per heavy atom. The molecule has 0 aromatic rings. The Hall–Kier alpha value is -0.610. The van der Waals surface area contributed by atoms with E-state index in [-0.39, 0.29) is 30.0 Å². The Morgan fingerprint density at radius 2 is 2.11 bits per heavy atom. The third-order valence-electron chi connectivity index (χ3n) is 3.83. The summed E-state index contributed by atoms with van der Waals surface area (Å²) in [5.41, 5.74) is 5.71. The zero-order valence-corrected chi connectivity index (χ0v) is 11.9. The first-order valence-electron chi connectivity index (χ1n) is 7.13. The fourth-order valence-corrected chi connectivity index (χ4v) is 2.58. The zero-order valence-electron chi connectivity index (χ0n) is 11.9. The first-order chi connectivity index (χ1) is 8.54. The number of rotatable bonds is 7. The van der Waals surface area contributed by atoms with E-state index < -0.39 is 0 Å². The molecule has 1 rings (SSSR count). The number of hydrogen-bond acceptors (Lipinski definition) is 3. The summed E-state index contributed by atoms with van der Waals surface area (Å²) in [5, 5.41) is 3.12. The lowest BCUT2D eigenvalue weighted by atomic mass is 10.0. The van der Waals surface area contributed by atoms with Crippen molar-refractivity contribution >= 4 is 5.91 Å². The summed E-state index contributed by atoms with van der Waals surface area (Å²) in [5.74, 6) is 0.232. The van der Waals surface area contributed by atoms with Crippen LogP contribution in [0.3, 0.4) is 0 Å². The zero-order chi connectivity index (χ0) is 13.5. The maximum absolute atomic E-state index is 12.0. The minimum absolute atomic E-state index is 0.0712. The van der Waals surface area contributed by atoms with Gasteiger partial charge in [0.25, 0.3) is 0 Å². The second-order valence-electron chi connectivity index (χ2n) is 5.63. The highest BCUT2D eigenvalue weighted by Gasteiger charge is 2.29. The van der Waals surface area contributed by atoms with Gasteiger partial charge in [-0.05, 0) is 39.0 Å². The lowest BCUT2D eigenvalue weighted by Gasteiger charge is -2.22. The third-order valence-corrected chi connectivity index (χ3v) is 3.83. The molecular weight excluding hydrogens is 228 g/mol. The Labute approximate surface area is 111 Å². The van der Waals surface area contributed by atoms with Crippen molar-refractivity contribution in [3.63, 3.8) is 0 Å². The standard InChI is InChI=1S/C14H28N2O2/c1-10(6-4-7-11(2)15)14(17)16-12-8-5-9-13(12)18-3/h10-13H,4-9,15H2,1-3H3,(H,16,17). The van der Waals surface area contributed by atoms with Gasteiger partial charge in [-0.1, -0.05) is 13.3 Å². The maximum atomic E-state index is 12.0. The lowest BCUT2D eigenvalue weighted by Crippen LogP contribution is -2.43. The summed E-state index contributed by atoms with van der Waals surface area (Å²) in [6.07, 6.45) is 6.36. The van der Waals surface area contributed by atoms with E-state index in [1.807, 2.05) is 13.8 Å². The van der Waals surface area contributed by atoms with Gasteiger partial charge in [0.2, 0.25) is 5.91 Å². The van der Waals surface area contributed by atoms with Crippen LogP contribution in [0.4, 0.5) is 0 Å². The Balaban J connectivity index is 2.26. The molecule has 0 bridgehead atoms. The smallest absolute Gasteiger partial charge is 0.223 e. The van der Waals surface area contributed by atoms with E-state index in [1.165, 1.54) is 0 Å². The highest BCUT2D eigenvalue weighted by atomic mass is 16.5. The van der Waals surface area contributed by atoms with Gasteiger partial charge >= 0.3 is 0 Å². The van der Waals surface area contributed by atoms with Gasteiger partial charge in [0.1, 0.15) is 0 Å². The molecule has 0 aromatic carbocycles. The predicted molar refractivity (Wildman–Crippen MR) is 73.2 cm³/mol. The van der Waals surface area contributed by atoms with Crippen molar-refractivity contribution in [2.75, 3.05) is 7.11 Å². The van der Waals surface area contributed by atoms with E-state index in [4.69, 9.17) is 10.5 Å². The topological polar surface area (TPSA) is 64.3 Å². The Morgan fingerprint density at radius 3 is 2.72 bits per heavy atom. The first kappa shape index (κ1) is 15.4. The number of ether oxygens (including phenoxy) is 1. The van der Waals surface area contributed by atoms with E-state index in [9.17, 15) is 4.79 Å². The largest absolute Gasteiger partial charge is 0.379 e. The average molecular weight is 256 g/mol. The van der Waals surface area contributed by atoms with Gasteiger partial charge in [0, 0.05) is 19.1 Å². The van der Waals surface area contributed by atoms with Crippen LogP contribution in [0, 0.1) is 5.92 Å². The molecule has 106 valence electrons. The molecule has 4 heteroatoms. The quantitative estimate of drug-likeness (QED) is 0.730. The molecule has 4 nitrogen and oxygen atoms in total. The highest BCUT2D eigenvalue weighted by Crippen LogP contribution is 2.22. The van der Waals surface area contributed by atoms with Crippen LogP contribution >= 0.6 is 0 Å². The molecule has 3 N–H and O–H groups in total. The molecule has 18 heavy (non-hydrogen) atoms. The fraction of sp³-hybridized carbons (Fsp3) is 0.929. The predicted octanol–water partition coefficient (Wildman–Crippen LogP) is 1.82. The molecular formula is C14H28N2O2. The van der Waals surface area contributed by atoms with Gasteiger partial charge in [-0.15, -0.1) is 0 Å². The highest BCUT2D eigenvalue weighted by molar-refractivity contribution is 5.78. The van der Waals surface area contributed by atoms with Crippen LogP contribution in [0.1, 0.15) is 52.4 Å². The van der Waals surface area contributed by atoms with E-state index in [0.717, 1.165) is 38.5 Å². The van der Waals surface area contributed by atoms with Crippen molar-refractivity contribution in [1.29, 1.82) is 0 Å². The molecule has 0 aliphatic heterocycles. The number of carbonyl (C=O) groups excluding carboxylic acids is 1. The first-order valence-corrected chi connectivity index (χ1v) is 7.13. The van der Waals surface area contributed by atoms with Crippen molar-refractivity contribution in [3.05, 3.63) is 0 Å². The molecule has 1 fully saturated rings. The summed E-state index contributed by atoms with van der Waals surface area (Å²) >= 11 is 0. The molecule has 4 unspecified atom stereocenters. The van der Waals surface area contributed by atoms with Crippen LogP contribution in [0.25, 0.3) is 0 Å². The second-order valence-corrected chi connectivity index (χ2v) is 5.63. The summed E-state index contributed by atoms with van der Waals surface area (Å²) < 4.78 is 5.39. The molecule has 1 saturated carbocycles. The van der Waals surface area contributed by atoms with E-state index in [0.29, 0.717) is 0 Å². The fourth-order valence-electron chi connectivity index (χ4n) is 2.58. The number of nitrogens with two attached hydrogens (primary N) is 1. The number of amides is 1. The second kappa shape index (κ2) is 7.74. The molecule has 0 radical (unpaired) electrons. The summed E-state index contributed by atoms with van der Waals surface area (Å²) in [6.45, 7) is 4.00. The Kier molecular flexibility index (Phi) is 6.65. The van der Waals surface area contributed by atoms with E-state index in [1.54, 1.807) is 7.11 Å². The minimum Gasteiger partial charge on any atom is -0.379 e. The van der Waals surface area contributed by atoms with Crippen molar-refractivity contribution in [3.8, 4) is 0 Å². The molecule has 0 saturated heterocycles. The van der Waals surface area contributed by atoms with Crippen molar-refractivity contribution in [2.24, 2.45) is 11.7 Å². The summed E-state index contributed by atoms with van der Waals surface area (Å²) in [7, 11) is 1.72. The summed E-state index contributed by atoms with van der Waals surface area (Å²) in [6, 6.07) is 0.436. The van der Waals surface area contributed by atoms with Gasteiger partial charge in [-0.3, -0.25) is 4.79 Å². The van der Waals surface area contributed by atoms with Crippen LogP contribution in [0.15, 0.2) is 0 Å². The molecule has 0 aromatic heterocycles. The van der Waals surface area contributed by atoms with Gasteiger partial charge in [-0.2, -0.15) is 0 Å². The molecule has 4 atom stereocenters. The molecule has 0 spiro atoms. The SMILES string of the molecule is COC1CCCC1NC(=O)C(C)CCCC(C)N. The van der Waals surface area contributed by atoms with Crippen molar-refractivity contribution < 1.29 is 9.53 Å². The Bertz CT molecular complexity index is 256. The van der Waals surface area contributed by atoms with Crippen molar-refractivity contribution in [2.45, 2.75) is 70.6 Å². The number of methoxy groups -OCH3 is 1. The monoisotopic (exact) mass is 256 g/mol. The van der Waals surface area contributed by atoms with Crippen LogP contribution in [0.2, 0.25) is 0 Å². The van der Waals surface area contributed by atoms with Gasteiger partial charge in [0.15, 0.2) is 0 Å². The number of hydrogen-bond donors (Lipinski definition) is 2. The van der Waals surface area contributed by atoms with Gasteiger partial charge < -0.3 is 15.8 Å². The normalized spacial score (nSPS) is 26.9.